The van der Waals surface area contributed by atoms with Gasteiger partial charge in [0.1, 0.15) is 0 Å². The fraction of sp³-hybridized carbons (Fsp3) is 0.217. The fourth-order valence-electron chi connectivity index (χ4n) is 2.76. The van der Waals surface area contributed by atoms with E-state index in [4.69, 9.17) is 0 Å². The average molecular weight is 412 g/mol. The molecule has 0 aliphatic rings. The predicted molar refractivity (Wildman–Crippen MR) is 115 cm³/mol. The lowest BCUT2D eigenvalue weighted by Crippen LogP contribution is -2.20. The molecule has 3 aromatic rings. The molecule has 0 saturated heterocycles. The third-order valence-corrected chi connectivity index (χ3v) is 4.45. The van der Waals surface area contributed by atoms with E-state index >= 15 is 0 Å². The molecule has 156 valence electrons. The van der Waals surface area contributed by atoms with Gasteiger partial charge in [0.05, 0.1) is 16.9 Å². The first-order valence-electron chi connectivity index (χ1n) is 9.49. The second-order valence-corrected chi connectivity index (χ2v) is 7.10. The monoisotopic (exact) mass is 412 g/mol. The summed E-state index contributed by atoms with van der Waals surface area (Å²) in [6.45, 7) is 1.84. The van der Waals surface area contributed by atoms with E-state index in [-0.39, 0.29) is 0 Å². The smallest absolute Gasteiger partial charge is 0.384 e. The van der Waals surface area contributed by atoms with Crippen LogP contribution in [0.2, 0.25) is 0 Å². The van der Waals surface area contributed by atoms with E-state index in [9.17, 15) is 13.2 Å². The molecule has 0 atom stereocenters. The molecule has 0 amide bonds. The second kappa shape index (κ2) is 9.54. The molecule has 30 heavy (non-hydrogen) atoms. The summed E-state index contributed by atoms with van der Waals surface area (Å²) in [5.74, 6) is 0. The van der Waals surface area contributed by atoms with E-state index in [2.05, 4.69) is 32.6 Å². The van der Waals surface area contributed by atoms with Crippen molar-refractivity contribution in [3.8, 4) is 11.1 Å². The Kier molecular flexibility index (Phi) is 6.84. The van der Waals surface area contributed by atoms with Crippen molar-refractivity contribution >= 4 is 17.1 Å². The lowest BCUT2D eigenvalue weighted by atomic mass is 10.1. The van der Waals surface area contributed by atoms with E-state index in [1.54, 1.807) is 0 Å². The number of rotatable bonds is 7. The topological polar surface area (TPSA) is 40.0 Å². The van der Waals surface area contributed by atoms with Crippen molar-refractivity contribution in [2.75, 3.05) is 32.5 Å². The molecule has 0 saturated carbocycles. The van der Waals surface area contributed by atoms with Crippen LogP contribution in [0, 0.1) is 0 Å². The molecule has 1 N–H and O–H groups in total. The zero-order chi connectivity index (χ0) is 21.6. The Labute approximate surface area is 174 Å². The summed E-state index contributed by atoms with van der Waals surface area (Å²) in [7, 11) is 4.08. The number of likely N-dealkylation sites (N-methyl/N-ethyl adjacent to an activating group) is 1. The molecule has 0 fully saturated rings. The van der Waals surface area contributed by atoms with Gasteiger partial charge in [0.15, 0.2) is 0 Å². The lowest BCUT2D eigenvalue weighted by molar-refractivity contribution is -0.137. The number of hydrogen-bond donors (Lipinski definition) is 1. The SMILES string of the molecule is CN(C)CCNc1ccc(-c2ccc(N=Nc3ccc(C(F)(F)F)cc3)cc2)cc1. The van der Waals surface area contributed by atoms with Crippen LogP contribution in [-0.4, -0.2) is 32.1 Å². The highest BCUT2D eigenvalue weighted by molar-refractivity contribution is 5.67. The summed E-state index contributed by atoms with van der Waals surface area (Å²) < 4.78 is 37.8. The number of anilines is 1. The van der Waals surface area contributed by atoms with Crippen molar-refractivity contribution in [3.63, 3.8) is 0 Å². The normalized spacial score (nSPS) is 11.9. The maximum absolute atomic E-state index is 12.6. The van der Waals surface area contributed by atoms with Crippen LogP contribution in [0.25, 0.3) is 11.1 Å². The first kappa shape index (κ1) is 21.5. The number of alkyl halides is 3. The number of hydrogen-bond acceptors (Lipinski definition) is 4. The minimum Gasteiger partial charge on any atom is -0.384 e. The first-order valence-corrected chi connectivity index (χ1v) is 9.49. The molecule has 0 aliphatic heterocycles. The van der Waals surface area contributed by atoms with E-state index in [0.29, 0.717) is 11.4 Å². The molecular formula is C23H23F3N4. The second-order valence-electron chi connectivity index (χ2n) is 7.10. The Hall–Kier alpha value is -3.19. The maximum atomic E-state index is 12.6. The zero-order valence-electron chi connectivity index (χ0n) is 16.8. The van der Waals surface area contributed by atoms with E-state index in [0.717, 1.165) is 42.0 Å². The molecule has 0 aromatic heterocycles. The van der Waals surface area contributed by atoms with Crippen molar-refractivity contribution in [3.05, 3.63) is 78.4 Å². The van der Waals surface area contributed by atoms with Crippen LogP contribution in [0.3, 0.4) is 0 Å². The zero-order valence-corrected chi connectivity index (χ0v) is 16.8. The van der Waals surface area contributed by atoms with Gasteiger partial charge in [-0.2, -0.15) is 23.4 Å². The third-order valence-electron chi connectivity index (χ3n) is 4.45. The summed E-state index contributed by atoms with van der Waals surface area (Å²) in [6.07, 6.45) is -4.36. The van der Waals surface area contributed by atoms with Gasteiger partial charge in [-0.05, 0) is 73.8 Å². The number of halogens is 3. The Morgan fingerprint density at radius 3 is 1.67 bits per heavy atom. The molecule has 0 spiro atoms. The van der Waals surface area contributed by atoms with Gasteiger partial charge in [-0.25, -0.2) is 0 Å². The van der Waals surface area contributed by atoms with E-state index in [1.165, 1.54) is 12.1 Å². The number of nitrogens with zero attached hydrogens (tertiary/aromatic N) is 3. The molecule has 7 heteroatoms. The standard InChI is InChI=1S/C23H23F3N4/c1-30(2)16-15-27-20-9-3-17(4-10-20)18-5-11-21(12-6-18)28-29-22-13-7-19(8-14-22)23(24,25)26/h3-14,27H,15-16H2,1-2H3. The molecule has 0 unspecified atom stereocenters. The van der Waals surface area contributed by atoms with Crippen LogP contribution in [0.1, 0.15) is 5.56 Å². The van der Waals surface area contributed by atoms with Crippen LogP contribution in [0.15, 0.2) is 83.0 Å². The van der Waals surface area contributed by atoms with Crippen molar-refractivity contribution in [1.82, 2.24) is 4.90 Å². The minimum atomic E-state index is -4.36. The van der Waals surface area contributed by atoms with Gasteiger partial charge in [-0.1, -0.05) is 24.3 Å². The molecule has 3 rings (SSSR count). The number of azo groups is 1. The molecular weight excluding hydrogens is 389 g/mol. The van der Waals surface area contributed by atoms with Crippen LogP contribution in [0.5, 0.6) is 0 Å². The summed E-state index contributed by atoms with van der Waals surface area (Å²) in [4.78, 5) is 2.12. The van der Waals surface area contributed by atoms with Crippen LogP contribution >= 0.6 is 0 Å². The largest absolute Gasteiger partial charge is 0.416 e. The quantitative estimate of drug-likeness (QED) is 0.436. The summed E-state index contributed by atoms with van der Waals surface area (Å²) in [5.41, 5.74) is 3.49. The van der Waals surface area contributed by atoms with Gasteiger partial charge in [-0.3, -0.25) is 0 Å². The molecule has 0 bridgehead atoms. The van der Waals surface area contributed by atoms with E-state index < -0.39 is 11.7 Å². The van der Waals surface area contributed by atoms with Gasteiger partial charge < -0.3 is 10.2 Å². The number of benzene rings is 3. The molecule has 0 radical (unpaired) electrons. The highest BCUT2D eigenvalue weighted by atomic mass is 19.4. The third kappa shape index (κ3) is 6.15. The molecule has 0 aliphatic carbocycles. The maximum Gasteiger partial charge on any atom is 0.416 e. The lowest BCUT2D eigenvalue weighted by Gasteiger charge is -2.11. The Morgan fingerprint density at radius 2 is 1.20 bits per heavy atom. The van der Waals surface area contributed by atoms with Crippen LogP contribution in [0.4, 0.5) is 30.2 Å². The van der Waals surface area contributed by atoms with Gasteiger partial charge in [0.2, 0.25) is 0 Å². The predicted octanol–water partition coefficient (Wildman–Crippen LogP) is 6.76. The van der Waals surface area contributed by atoms with Crippen LogP contribution < -0.4 is 5.32 Å². The summed E-state index contributed by atoms with van der Waals surface area (Å²) >= 11 is 0. The van der Waals surface area contributed by atoms with E-state index in [1.807, 2.05) is 50.5 Å². The average Bonchev–Trinajstić information content (AvgIpc) is 2.73. The molecule has 4 nitrogen and oxygen atoms in total. The van der Waals surface area contributed by atoms with Crippen LogP contribution in [-0.2, 0) is 6.18 Å². The Balaban J connectivity index is 1.61. The van der Waals surface area contributed by atoms with Gasteiger partial charge in [0.25, 0.3) is 0 Å². The van der Waals surface area contributed by atoms with Crippen molar-refractivity contribution in [2.24, 2.45) is 10.2 Å². The van der Waals surface area contributed by atoms with Gasteiger partial charge in [0, 0.05) is 18.8 Å². The number of nitrogens with one attached hydrogen (secondary N) is 1. The fourth-order valence-corrected chi connectivity index (χ4v) is 2.76. The highest BCUT2D eigenvalue weighted by Gasteiger charge is 2.29. The molecule has 0 heterocycles. The van der Waals surface area contributed by atoms with Gasteiger partial charge >= 0.3 is 6.18 Å². The Morgan fingerprint density at radius 1 is 0.733 bits per heavy atom. The Bertz CT molecular complexity index is 961. The summed E-state index contributed by atoms with van der Waals surface area (Å²) in [5, 5.41) is 11.5. The van der Waals surface area contributed by atoms with Crippen molar-refractivity contribution in [2.45, 2.75) is 6.18 Å². The minimum absolute atomic E-state index is 0.365. The summed E-state index contributed by atoms with van der Waals surface area (Å²) in [6, 6.07) is 20.3. The van der Waals surface area contributed by atoms with Gasteiger partial charge in [-0.15, -0.1) is 0 Å². The first-order chi connectivity index (χ1) is 14.3. The molecule has 3 aromatic carbocycles. The van der Waals surface area contributed by atoms with Crippen molar-refractivity contribution in [1.29, 1.82) is 0 Å². The highest BCUT2D eigenvalue weighted by Crippen LogP contribution is 2.31. The van der Waals surface area contributed by atoms with Crippen molar-refractivity contribution < 1.29 is 13.2 Å².